The molecule has 0 bridgehead atoms. The molecule has 0 spiro atoms. The molecule has 3 aromatic carbocycles. The molecule has 0 saturated carbocycles. The Labute approximate surface area is 230 Å². The molecule has 3 aromatic rings. The van der Waals surface area contributed by atoms with Gasteiger partial charge in [-0.25, -0.2) is 16.8 Å². The first-order valence-electron chi connectivity index (χ1n) is 10.1. The van der Waals surface area contributed by atoms with E-state index in [1.165, 1.54) is 36.4 Å². The van der Waals surface area contributed by atoms with Crippen LogP contribution in [0.5, 0.6) is 0 Å². The van der Waals surface area contributed by atoms with Crippen molar-refractivity contribution in [1.29, 1.82) is 0 Å². The van der Waals surface area contributed by atoms with Crippen LogP contribution >= 0.6 is 0 Å². The van der Waals surface area contributed by atoms with E-state index >= 15 is 0 Å². The van der Waals surface area contributed by atoms with Gasteiger partial charge in [0.1, 0.15) is 10.1 Å². The van der Waals surface area contributed by atoms with Crippen molar-refractivity contribution in [3.63, 3.8) is 0 Å². The molecule has 1 atom stereocenters. The fraction of sp³-hybridized carbons (Fsp3) is 0.0909. The van der Waals surface area contributed by atoms with Crippen molar-refractivity contribution in [3.05, 3.63) is 78.9 Å². The number of nitrogens with one attached hydrogen (secondary N) is 1. The van der Waals surface area contributed by atoms with E-state index in [4.69, 9.17) is 0 Å². The minimum Gasteiger partial charge on any atom is -0.744 e. The topological polar surface area (TPSA) is 161 Å². The van der Waals surface area contributed by atoms with Gasteiger partial charge in [-0.1, -0.05) is 30.3 Å². The monoisotopic (exact) mass is 535 g/mol. The molecule has 14 heteroatoms. The molecule has 1 heterocycles. The maximum Gasteiger partial charge on any atom is 1.00 e. The number of benzene rings is 3. The molecule has 180 valence electrons. The summed E-state index contributed by atoms with van der Waals surface area (Å²) in [4.78, 5) is 12.6. The molecule has 11 nitrogen and oxygen atoms in total. The van der Waals surface area contributed by atoms with E-state index in [0.717, 1.165) is 17.1 Å². The van der Waals surface area contributed by atoms with Gasteiger partial charge in [-0.15, -0.1) is 0 Å². The Morgan fingerprint density at radius 2 is 1.58 bits per heavy atom. The summed E-state index contributed by atoms with van der Waals surface area (Å²) in [5.41, 5.74) is 0.937. The first kappa shape index (κ1) is 27.6. The van der Waals surface area contributed by atoms with Crippen LogP contribution in [0.2, 0.25) is 0 Å². The van der Waals surface area contributed by atoms with Crippen molar-refractivity contribution >= 4 is 48.8 Å². The van der Waals surface area contributed by atoms with Crippen molar-refractivity contribution in [3.8, 4) is 0 Å². The molecule has 0 aromatic heterocycles. The van der Waals surface area contributed by atoms with Gasteiger partial charge >= 0.3 is 29.6 Å². The number of hydrogen-bond acceptors (Lipinski definition) is 9. The second kappa shape index (κ2) is 11.0. The number of azo groups is 1. The molecule has 1 N–H and O–H groups in total. The zero-order valence-corrected chi connectivity index (χ0v) is 22.8. The molecular weight excluding hydrogens is 517 g/mol. The molecule has 1 unspecified atom stereocenters. The average molecular weight is 536 g/mol. The van der Waals surface area contributed by atoms with Gasteiger partial charge in [-0.05, 0) is 55.5 Å². The summed E-state index contributed by atoms with van der Waals surface area (Å²) >= 11 is 0. The maximum absolute atomic E-state index is 13.0. The summed E-state index contributed by atoms with van der Waals surface area (Å²) in [7, 11) is -8.49. The fourth-order valence-electron chi connectivity index (χ4n) is 3.21. The largest absolute Gasteiger partial charge is 1.00 e. The van der Waals surface area contributed by atoms with Gasteiger partial charge in [-0.2, -0.15) is 20.3 Å². The van der Waals surface area contributed by atoms with Gasteiger partial charge in [-0.3, -0.25) is 9.52 Å². The van der Waals surface area contributed by atoms with E-state index in [2.05, 4.69) is 20.1 Å². The van der Waals surface area contributed by atoms with E-state index in [9.17, 15) is 26.2 Å². The smallest absolute Gasteiger partial charge is 0.744 e. The first-order valence-corrected chi connectivity index (χ1v) is 13.0. The zero-order valence-electron chi connectivity index (χ0n) is 19.1. The van der Waals surface area contributed by atoms with Crippen LogP contribution in [0.3, 0.4) is 0 Å². The number of carbonyl (C=O) groups excluding carboxylic acids is 1. The SMILES string of the molecule is CC1=NN(c2cccc(NS(=O)(=O)c3ccccc3)c2)C(=O)C1N=Nc1cccc(S(=O)(=O)[O-])c1.[Na+]. The van der Waals surface area contributed by atoms with Crippen molar-refractivity contribution in [2.75, 3.05) is 9.73 Å². The third-order valence-corrected chi connectivity index (χ3v) is 7.12. The molecule has 1 aliphatic heterocycles. The van der Waals surface area contributed by atoms with Gasteiger partial charge in [0, 0.05) is 0 Å². The van der Waals surface area contributed by atoms with Crippen molar-refractivity contribution in [2.24, 2.45) is 15.3 Å². The van der Waals surface area contributed by atoms with Gasteiger partial charge in [0.25, 0.3) is 15.9 Å². The molecule has 1 amide bonds. The first-order chi connectivity index (χ1) is 16.5. The van der Waals surface area contributed by atoms with Crippen LogP contribution in [0, 0.1) is 0 Å². The van der Waals surface area contributed by atoms with Crippen LogP contribution in [-0.4, -0.2) is 39.0 Å². The van der Waals surface area contributed by atoms with Crippen molar-refractivity contribution in [2.45, 2.75) is 22.8 Å². The van der Waals surface area contributed by atoms with Crippen LogP contribution in [0.1, 0.15) is 6.92 Å². The summed E-state index contributed by atoms with van der Waals surface area (Å²) in [5.74, 6) is -0.540. The van der Waals surface area contributed by atoms with E-state index < -0.39 is 37.0 Å². The Morgan fingerprint density at radius 1 is 0.917 bits per heavy atom. The van der Waals surface area contributed by atoms with Crippen LogP contribution in [0.15, 0.2) is 104 Å². The maximum atomic E-state index is 13.0. The van der Waals surface area contributed by atoms with Gasteiger partial charge in [0.2, 0.25) is 0 Å². The average Bonchev–Trinajstić information content (AvgIpc) is 3.11. The van der Waals surface area contributed by atoms with Crippen LogP contribution in [-0.2, 0) is 24.9 Å². The van der Waals surface area contributed by atoms with Crippen LogP contribution in [0.4, 0.5) is 17.1 Å². The second-order valence-corrected chi connectivity index (χ2v) is 10.5. The summed E-state index contributed by atoms with van der Waals surface area (Å²) in [5, 5.41) is 13.2. The van der Waals surface area contributed by atoms with E-state index in [1.807, 2.05) is 0 Å². The van der Waals surface area contributed by atoms with E-state index in [-0.39, 0.29) is 45.8 Å². The molecule has 0 saturated heterocycles. The fourth-order valence-corrected chi connectivity index (χ4v) is 4.80. The van der Waals surface area contributed by atoms with Gasteiger partial charge in [0.15, 0.2) is 6.04 Å². The Kier molecular flexibility index (Phi) is 8.44. The van der Waals surface area contributed by atoms with E-state index in [0.29, 0.717) is 11.4 Å². The Bertz CT molecular complexity index is 1560. The van der Waals surface area contributed by atoms with Crippen LogP contribution < -0.4 is 39.3 Å². The third kappa shape index (κ3) is 6.24. The number of hydrazone groups is 1. The Hall–Kier alpha value is -2.94. The minimum absolute atomic E-state index is 0. The van der Waals surface area contributed by atoms with Crippen molar-refractivity contribution in [1.82, 2.24) is 0 Å². The molecule has 1 aliphatic rings. The van der Waals surface area contributed by atoms with E-state index in [1.54, 1.807) is 37.3 Å². The normalized spacial score (nSPS) is 16.1. The summed E-state index contributed by atoms with van der Waals surface area (Å²) < 4.78 is 61.3. The molecule has 0 radical (unpaired) electrons. The number of hydrogen-bond donors (Lipinski definition) is 1. The summed E-state index contributed by atoms with van der Waals surface area (Å²) in [6.07, 6.45) is 0. The number of nitrogens with zero attached hydrogens (tertiary/aromatic N) is 4. The standard InChI is InChI=1S/C22H19N5O6S2.Na/c1-15-21(24-23-16-7-6-12-20(14-16)35(31,32)33)22(28)27(25-15)18-9-5-8-17(13-18)26-34(29,30)19-10-3-2-4-11-19;/h2-14,21,26H,1H3,(H,31,32,33);/q;+1/p-1. The molecule has 0 aliphatic carbocycles. The van der Waals surface area contributed by atoms with Crippen LogP contribution in [0.25, 0.3) is 0 Å². The summed E-state index contributed by atoms with van der Waals surface area (Å²) in [6.45, 7) is 1.57. The predicted molar refractivity (Wildman–Crippen MR) is 127 cm³/mol. The molecule has 0 fully saturated rings. The van der Waals surface area contributed by atoms with Gasteiger partial charge < -0.3 is 4.55 Å². The molecule has 4 rings (SSSR count). The quantitative estimate of drug-likeness (QED) is 0.260. The number of rotatable bonds is 7. The molecule has 36 heavy (non-hydrogen) atoms. The predicted octanol–water partition coefficient (Wildman–Crippen LogP) is 0.270. The molecular formula is C22H18N5NaO6S2. The number of anilines is 2. The zero-order chi connectivity index (χ0) is 25.2. The third-order valence-electron chi connectivity index (χ3n) is 4.89. The number of carbonyl (C=O) groups is 1. The second-order valence-electron chi connectivity index (χ2n) is 7.43. The van der Waals surface area contributed by atoms with Gasteiger partial charge in [0.05, 0.1) is 32.6 Å². The minimum atomic E-state index is -4.66. The van der Waals surface area contributed by atoms with Crippen molar-refractivity contribution < 1.29 is 55.7 Å². The number of sulfonamides is 1. The summed E-state index contributed by atoms with van der Waals surface area (Å²) in [6, 6.07) is 17.9. The number of amides is 1. The Morgan fingerprint density at radius 3 is 2.28 bits per heavy atom. The Balaban J connectivity index is 0.00000361.